The van der Waals surface area contributed by atoms with E-state index in [1.54, 1.807) is 0 Å². The van der Waals surface area contributed by atoms with Gasteiger partial charge in [-0.2, -0.15) is 0 Å². The Morgan fingerprint density at radius 3 is 2.61 bits per heavy atom. The lowest BCUT2D eigenvalue weighted by Gasteiger charge is -2.34. The minimum Gasteiger partial charge on any atom is -0.481 e. The van der Waals surface area contributed by atoms with Crippen LogP contribution in [0.15, 0.2) is 18.2 Å². The van der Waals surface area contributed by atoms with Gasteiger partial charge in [-0.3, -0.25) is 14.4 Å². The molecule has 23 heavy (non-hydrogen) atoms. The maximum atomic E-state index is 13.6. The summed E-state index contributed by atoms with van der Waals surface area (Å²) in [7, 11) is 0. The molecule has 1 aromatic rings. The maximum Gasteiger partial charge on any atom is 0.308 e. The van der Waals surface area contributed by atoms with Crippen LogP contribution in [-0.4, -0.2) is 40.9 Å². The Kier molecular flexibility index (Phi) is 4.98. The van der Waals surface area contributed by atoms with Gasteiger partial charge in [-0.25, -0.2) is 4.39 Å². The van der Waals surface area contributed by atoms with E-state index < -0.39 is 23.6 Å². The van der Waals surface area contributed by atoms with Crippen molar-refractivity contribution in [2.24, 2.45) is 11.8 Å². The molecule has 6 nitrogen and oxygen atoms in total. The largest absolute Gasteiger partial charge is 0.481 e. The highest BCUT2D eigenvalue weighted by molar-refractivity contribution is 5.97. The Balaban J connectivity index is 2.22. The average Bonchev–Trinajstić information content (AvgIpc) is 2.47. The molecule has 0 aromatic heterocycles. The normalized spacial score (nSPS) is 20.9. The Hall–Kier alpha value is -2.44. The number of nitrogens with one attached hydrogen (secondary N) is 1. The third kappa shape index (κ3) is 4.06. The summed E-state index contributed by atoms with van der Waals surface area (Å²) in [5.41, 5.74) is 0.150. The molecule has 1 heterocycles. The first-order valence-corrected chi connectivity index (χ1v) is 7.37. The molecule has 1 aliphatic rings. The average molecular weight is 322 g/mol. The molecular formula is C16H19FN2O4. The van der Waals surface area contributed by atoms with Crippen LogP contribution in [0.1, 0.15) is 30.6 Å². The summed E-state index contributed by atoms with van der Waals surface area (Å²) in [6.07, 6.45) is 0.527. The molecule has 0 saturated carbocycles. The van der Waals surface area contributed by atoms with E-state index in [0.717, 1.165) is 6.07 Å². The minimum atomic E-state index is -0.924. The highest BCUT2D eigenvalue weighted by Crippen LogP contribution is 2.24. The van der Waals surface area contributed by atoms with Crippen molar-refractivity contribution < 1.29 is 23.9 Å². The molecule has 124 valence electrons. The second kappa shape index (κ2) is 6.76. The van der Waals surface area contributed by atoms with E-state index in [0.29, 0.717) is 13.0 Å². The van der Waals surface area contributed by atoms with E-state index in [4.69, 9.17) is 0 Å². The zero-order valence-corrected chi connectivity index (χ0v) is 13.0. The molecule has 2 atom stereocenters. The van der Waals surface area contributed by atoms with Crippen molar-refractivity contribution in [2.75, 3.05) is 18.4 Å². The summed E-state index contributed by atoms with van der Waals surface area (Å²) in [5.74, 6) is -2.89. The predicted octanol–water partition coefficient (Wildman–Crippen LogP) is 1.97. The van der Waals surface area contributed by atoms with Crippen molar-refractivity contribution in [3.63, 3.8) is 0 Å². The van der Waals surface area contributed by atoms with Crippen LogP contribution in [-0.2, 0) is 9.59 Å². The smallest absolute Gasteiger partial charge is 0.308 e. The lowest BCUT2D eigenvalue weighted by atomic mass is 9.90. The summed E-state index contributed by atoms with van der Waals surface area (Å²) in [6.45, 7) is 3.72. The molecule has 1 fully saturated rings. The molecule has 2 N–H and O–H groups in total. The fraction of sp³-hybridized carbons (Fsp3) is 0.438. The highest BCUT2D eigenvalue weighted by Gasteiger charge is 2.32. The van der Waals surface area contributed by atoms with Crippen LogP contribution >= 0.6 is 0 Å². The number of carboxylic acids is 1. The minimum absolute atomic E-state index is 0.0665. The molecule has 0 bridgehead atoms. The van der Waals surface area contributed by atoms with Gasteiger partial charge in [0.15, 0.2) is 0 Å². The molecule has 7 heteroatoms. The first-order valence-electron chi connectivity index (χ1n) is 7.37. The van der Waals surface area contributed by atoms with Gasteiger partial charge >= 0.3 is 5.97 Å². The maximum absolute atomic E-state index is 13.6. The summed E-state index contributed by atoms with van der Waals surface area (Å²) in [4.78, 5) is 36.3. The highest BCUT2D eigenvalue weighted by atomic mass is 19.1. The van der Waals surface area contributed by atoms with E-state index in [-0.39, 0.29) is 29.6 Å². The van der Waals surface area contributed by atoms with E-state index in [2.05, 4.69) is 5.32 Å². The molecule has 0 radical (unpaired) electrons. The number of carbonyl (C=O) groups excluding carboxylic acids is 2. The molecule has 2 rings (SSSR count). The number of aliphatic carboxylic acids is 1. The van der Waals surface area contributed by atoms with Crippen LogP contribution in [0.3, 0.4) is 0 Å². The lowest BCUT2D eigenvalue weighted by molar-refractivity contribution is -0.143. The predicted molar refractivity (Wildman–Crippen MR) is 81.5 cm³/mol. The Bertz CT molecular complexity index is 647. The Morgan fingerprint density at radius 1 is 1.30 bits per heavy atom. The molecule has 2 amide bonds. The van der Waals surface area contributed by atoms with E-state index >= 15 is 0 Å². The number of carbonyl (C=O) groups is 3. The van der Waals surface area contributed by atoms with E-state index in [9.17, 15) is 23.9 Å². The molecular weight excluding hydrogens is 303 g/mol. The third-order valence-electron chi connectivity index (χ3n) is 3.82. The van der Waals surface area contributed by atoms with Gasteiger partial charge < -0.3 is 15.3 Å². The van der Waals surface area contributed by atoms with E-state index in [1.807, 2.05) is 6.92 Å². The number of hydrogen-bond donors (Lipinski definition) is 2. The van der Waals surface area contributed by atoms with Crippen molar-refractivity contribution in [3.05, 3.63) is 29.6 Å². The fourth-order valence-corrected chi connectivity index (χ4v) is 2.82. The Labute approximate surface area is 133 Å². The zero-order chi connectivity index (χ0) is 17.1. The van der Waals surface area contributed by atoms with Crippen LogP contribution in [0.5, 0.6) is 0 Å². The fourth-order valence-electron chi connectivity index (χ4n) is 2.82. The van der Waals surface area contributed by atoms with Gasteiger partial charge in [0, 0.05) is 25.6 Å². The van der Waals surface area contributed by atoms with Gasteiger partial charge in [0.25, 0.3) is 5.91 Å². The van der Waals surface area contributed by atoms with Gasteiger partial charge in [-0.1, -0.05) is 6.92 Å². The number of nitrogens with zero attached hydrogens (tertiary/aromatic N) is 1. The summed E-state index contributed by atoms with van der Waals surface area (Å²) in [6, 6.07) is 3.71. The number of likely N-dealkylation sites (tertiary alicyclic amines) is 1. The van der Waals surface area contributed by atoms with Crippen molar-refractivity contribution in [2.45, 2.75) is 20.3 Å². The van der Waals surface area contributed by atoms with Crippen molar-refractivity contribution in [3.8, 4) is 0 Å². The van der Waals surface area contributed by atoms with Crippen molar-refractivity contribution in [1.29, 1.82) is 0 Å². The van der Waals surface area contributed by atoms with Gasteiger partial charge in [-0.05, 0) is 30.5 Å². The lowest BCUT2D eigenvalue weighted by Crippen LogP contribution is -2.45. The topological polar surface area (TPSA) is 86.7 Å². The molecule has 1 aliphatic heterocycles. The van der Waals surface area contributed by atoms with Gasteiger partial charge in [0.1, 0.15) is 5.82 Å². The molecule has 1 saturated heterocycles. The number of benzene rings is 1. The SMILES string of the molecule is CC(=O)Nc1cc(C(=O)N2CC(C)CC(C(=O)O)C2)ccc1F. The number of rotatable bonds is 3. The number of amides is 2. The quantitative estimate of drug-likeness (QED) is 0.891. The third-order valence-corrected chi connectivity index (χ3v) is 3.82. The molecule has 2 unspecified atom stereocenters. The van der Waals surface area contributed by atoms with Crippen LogP contribution < -0.4 is 5.32 Å². The number of piperidine rings is 1. The molecule has 1 aromatic carbocycles. The van der Waals surface area contributed by atoms with Gasteiger partial charge in [0.05, 0.1) is 11.6 Å². The van der Waals surface area contributed by atoms with Gasteiger partial charge in [-0.15, -0.1) is 0 Å². The number of hydrogen-bond acceptors (Lipinski definition) is 3. The van der Waals surface area contributed by atoms with Crippen LogP contribution in [0, 0.1) is 17.7 Å². The summed E-state index contributed by atoms with van der Waals surface area (Å²) < 4.78 is 13.6. The number of halogens is 1. The molecule has 0 aliphatic carbocycles. The van der Waals surface area contributed by atoms with Crippen LogP contribution in [0.25, 0.3) is 0 Å². The second-order valence-corrected chi connectivity index (χ2v) is 5.96. The first-order chi connectivity index (χ1) is 10.8. The zero-order valence-electron chi connectivity index (χ0n) is 13.0. The van der Waals surface area contributed by atoms with Crippen LogP contribution in [0.2, 0.25) is 0 Å². The van der Waals surface area contributed by atoms with Gasteiger partial charge in [0.2, 0.25) is 5.91 Å². The Morgan fingerprint density at radius 2 is 2.00 bits per heavy atom. The first kappa shape index (κ1) is 16.9. The summed E-state index contributed by atoms with van der Waals surface area (Å²) >= 11 is 0. The number of anilines is 1. The molecule has 0 spiro atoms. The van der Waals surface area contributed by atoms with Crippen molar-refractivity contribution >= 4 is 23.5 Å². The number of carboxylic acid groups (broad SMARTS) is 1. The summed E-state index contributed by atoms with van der Waals surface area (Å²) in [5, 5.41) is 11.5. The van der Waals surface area contributed by atoms with Crippen molar-refractivity contribution in [1.82, 2.24) is 4.90 Å². The monoisotopic (exact) mass is 322 g/mol. The van der Waals surface area contributed by atoms with E-state index in [1.165, 1.54) is 24.0 Å². The second-order valence-electron chi connectivity index (χ2n) is 5.96. The van der Waals surface area contributed by atoms with Crippen LogP contribution in [0.4, 0.5) is 10.1 Å². The standard InChI is InChI=1S/C16H19FN2O4/c1-9-5-12(16(22)23)8-19(7-9)15(21)11-3-4-13(17)14(6-11)18-10(2)20/h3-4,6,9,12H,5,7-8H2,1-2H3,(H,18,20)(H,22,23).